The van der Waals surface area contributed by atoms with Gasteiger partial charge in [-0.25, -0.2) is 0 Å². The van der Waals surface area contributed by atoms with E-state index < -0.39 is 5.60 Å². The van der Waals surface area contributed by atoms with Gasteiger partial charge in [-0.05, 0) is 12.1 Å². The number of aromatic nitrogens is 2. The largest absolute Gasteiger partial charge is 0.388 e. The molecule has 3 rings (SSSR count). The Morgan fingerprint density at radius 3 is 2.74 bits per heavy atom. The van der Waals surface area contributed by atoms with Gasteiger partial charge in [-0.1, -0.05) is 23.7 Å². The second-order valence-corrected chi connectivity index (χ2v) is 6.12. The van der Waals surface area contributed by atoms with Crippen molar-refractivity contribution < 1.29 is 14.6 Å². The number of hydrogen-bond donors (Lipinski definition) is 3. The van der Waals surface area contributed by atoms with E-state index in [1.54, 1.807) is 12.1 Å². The Morgan fingerprint density at radius 2 is 2.04 bits per heavy atom. The summed E-state index contributed by atoms with van der Waals surface area (Å²) in [4.78, 5) is 12.4. The first-order valence-corrected chi connectivity index (χ1v) is 7.83. The molecule has 2 aromatic rings. The third-order valence-corrected chi connectivity index (χ3v) is 4.27. The minimum atomic E-state index is -0.905. The van der Waals surface area contributed by atoms with Crippen molar-refractivity contribution in [1.29, 1.82) is 0 Å². The number of aliphatic hydroxyl groups is 1. The molecule has 1 aliphatic rings. The van der Waals surface area contributed by atoms with E-state index in [1.807, 2.05) is 12.1 Å². The predicted octanol–water partition coefficient (Wildman–Crippen LogP) is 2.00. The number of ether oxygens (including phenoxy) is 1. The van der Waals surface area contributed by atoms with Crippen molar-refractivity contribution in [3.8, 4) is 11.3 Å². The van der Waals surface area contributed by atoms with Crippen molar-refractivity contribution in [2.75, 3.05) is 19.8 Å². The first-order valence-electron chi connectivity index (χ1n) is 7.45. The fourth-order valence-corrected chi connectivity index (χ4v) is 2.69. The topological polar surface area (TPSA) is 87.2 Å². The molecule has 1 amide bonds. The number of aromatic amines is 1. The van der Waals surface area contributed by atoms with Crippen LogP contribution in [0.5, 0.6) is 0 Å². The maximum absolute atomic E-state index is 12.4. The lowest BCUT2D eigenvalue weighted by Crippen LogP contribution is -2.46. The Kier molecular flexibility index (Phi) is 4.66. The summed E-state index contributed by atoms with van der Waals surface area (Å²) in [6, 6.07) is 7.14. The summed E-state index contributed by atoms with van der Waals surface area (Å²) in [6.07, 6.45) is 2.51. The molecular formula is C16H18ClN3O3. The normalized spacial score (nSPS) is 17.0. The van der Waals surface area contributed by atoms with Crippen LogP contribution in [0.4, 0.5) is 0 Å². The van der Waals surface area contributed by atoms with E-state index in [0.717, 1.165) is 5.56 Å². The van der Waals surface area contributed by atoms with E-state index >= 15 is 0 Å². The number of carbonyl (C=O) groups excluding carboxylic acids is 1. The van der Waals surface area contributed by atoms with E-state index in [0.29, 0.717) is 42.3 Å². The summed E-state index contributed by atoms with van der Waals surface area (Å²) >= 11 is 5.88. The van der Waals surface area contributed by atoms with Gasteiger partial charge in [-0.15, -0.1) is 0 Å². The number of benzene rings is 1. The van der Waals surface area contributed by atoms with E-state index in [4.69, 9.17) is 16.3 Å². The number of halogens is 1. The molecule has 0 bridgehead atoms. The number of nitrogens with zero attached hydrogens (tertiary/aromatic N) is 1. The smallest absolute Gasteiger partial charge is 0.255 e. The van der Waals surface area contributed by atoms with Crippen molar-refractivity contribution in [2.24, 2.45) is 0 Å². The molecule has 0 aliphatic carbocycles. The summed E-state index contributed by atoms with van der Waals surface area (Å²) in [5.41, 5.74) is 0.973. The molecule has 2 heterocycles. The van der Waals surface area contributed by atoms with Crippen LogP contribution in [0.1, 0.15) is 23.2 Å². The van der Waals surface area contributed by atoms with Gasteiger partial charge in [-0.3, -0.25) is 9.89 Å². The molecule has 1 saturated heterocycles. The lowest BCUT2D eigenvalue weighted by atomic mass is 9.94. The molecular weight excluding hydrogens is 318 g/mol. The number of H-pyrrole nitrogens is 1. The molecule has 7 heteroatoms. The molecule has 0 atom stereocenters. The number of nitrogens with one attached hydrogen (secondary N) is 2. The van der Waals surface area contributed by atoms with Gasteiger partial charge in [0.05, 0.1) is 23.1 Å². The molecule has 0 unspecified atom stereocenters. The minimum Gasteiger partial charge on any atom is -0.388 e. The molecule has 1 aromatic heterocycles. The monoisotopic (exact) mass is 335 g/mol. The SMILES string of the molecule is O=C(NCC1(O)CCOCC1)c1cn[nH]c1-c1ccc(Cl)cc1. The maximum atomic E-state index is 12.4. The fourth-order valence-electron chi connectivity index (χ4n) is 2.56. The van der Waals surface area contributed by atoms with Crippen molar-refractivity contribution in [3.63, 3.8) is 0 Å². The minimum absolute atomic E-state index is 0.195. The van der Waals surface area contributed by atoms with Crippen LogP contribution < -0.4 is 5.32 Å². The number of hydrogen-bond acceptors (Lipinski definition) is 4. The third kappa shape index (κ3) is 3.72. The average Bonchev–Trinajstić information content (AvgIpc) is 3.04. The average molecular weight is 336 g/mol. The van der Waals surface area contributed by atoms with Crippen LogP contribution in [0.25, 0.3) is 11.3 Å². The van der Waals surface area contributed by atoms with Crippen molar-refractivity contribution in [2.45, 2.75) is 18.4 Å². The summed E-state index contributed by atoms with van der Waals surface area (Å²) in [5.74, 6) is -0.274. The first kappa shape index (κ1) is 16.0. The standard InChI is InChI=1S/C16H18ClN3O3/c17-12-3-1-11(2-4-12)14-13(9-19-20-14)15(21)18-10-16(22)5-7-23-8-6-16/h1-4,9,22H,5-8,10H2,(H,18,21)(H,19,20). The lowest BCUT2D eigenvalue weighted by Gasteiger charge is -2.32. The predicted molar refractivity (Wildman–Crippen MR) is 86.4 cm³/mol. The Labute approximate surface area is 138 Å². The molecule has 3 N–H and O–H groups in total. The highest BCUT2D eigenvalue weighted by molar-refractivity contribution is 6.30. The summed E-state index contributed by atoms with van der Waals surface area (Å²) in [5, 5.41) is 20.6. The van der Waals surface area contributed by atoms with Gasteiger partial charge in [0.15, 0.2) is 0 Å². The zero-order valence-electron chi connectivity index (χ0n) is 12.5. The molecule has 1 aromatic carbocycles. The van der Waals surface area contributed by atoms with Gasteiger partial charge >= 0.3 is 0 Å². The van der Waals surface area contributed by atoms with Gasteiger partial charge in [0.2, 0.25) is 0 Å². The van der Waals surface area contributed by atoms with E-state index in [9.17, 15) is 9.90 Å². The Hall–Kier alpha value is -1.89. The van der Waals surface area contributed by atoms with E-state index in [2.05, 4.69) is 15.5 Å². The molecule has 122 valence electrons. The number of amides is 1. The van der Waals surface area contributed by atoms with Crippen LogP contribution in [0.3, 0.4) is 0 Å². The molecule has 0 radical (unpaired) electrons. The summed E-state index contributed by atoms with van der Waals surface area (Å²) in [7, 11) is 0. The Morgan fingerprint density at radius 1 is 1.35 bits per heavy atom. The second-order valence-electron chi connectivity index (χ2n) is 5.68. The number of rotatable bonds is 4. The van der Waals surface area contributed by atoms with Gasteiger partial charge < -0.3 is 15.2 Å². The second kappa shape index (κ2) is 6.70. The Bertz CT molecular complexity index is 678. The zero-order valence-corrected chi connectivity index (χ0v) is 13.3. The van der Waals surface area contributed by atoms with Gasteiger partial charge in [0, 0.05) is 43.2 Å². The molecule has 0 saturated carbocycles. The van der Waals surface area contributed by atoms with E-state index in [-0.39, 0.29) is 12.5 Å². The van der Waals surface area contributed by atoms with Crippen LogP contribution >= 0.6 is 11.6 Å². The molecule has 6 nitrogen and oxygen atoms in total. The first-order chi connectivity index (χ1) is 11.1. The lowest BCUT2D eigenvalue weighted by molar-refractivity contribution is -0.0605. The third-order valence-electron chi connectivity index (χ3n) is 4.02. The van der Waals surface area contributed by atoms with Crippen LogP contribution in [0.2, 0.25) is 5.02 Å². The van der Waals surface area contributed by atoms with Crippen molar-refractivity contribution >= 4 is 17.5 Å². The highest BCUT2D eigenvalue weighted by Crippen LogP contribution is 2.23. The highest BCUT2D eigenvalue weighted by atomic mass is 35.5. The molecule has 1 aliphatic heterocycles. The van der Waals surface area contributed by atoms with Crippen molar-refractivity contribution in [3.05, 3.63) is 41.0 Å². The van der Waals surface area contributed by atoms with Crippen LogP contribution in [-0.2, 0) is 4.74 Å². The highest BCUT2D eigenvalue weighted by Gasteiger charge is 2.30. The van der Waals surface area contributed by atoms with Crippen molar-refractivity contribution in [1.82, 2.24) is 15.5 Å². The summed E-state index contributed by atoms with van der Waals surface area (Å²) < 4.78 is 5.23. The van der Waals surface area contributed by atoms with E-state index in [1.165, 1.54) is 6.20 Å². The summed E-state index contributed by atoms with van der Waals surface area (Å²) in [6.45, 7) is 1.21. The quantitative estimate of drug-likeness (QED) is 0.797. The fraction of sp³-hybridized carbons (Fsp3) is 0.375. The maximum Gasteiger partial charge on any atom is 0.255 e. The van der Waals surface area contributed by atoms with Crippen LogP contribution in [0, 0.1) is 0 Å². The van der Waals surface area contributed by atoms with Gasteiger partial charge in [-0.2, -0.15) is 5.10 Å². The Balaban J connectivity index is 1.71. The zero-order chi connectivity index (χ0) is 16.3. The van der Waals surface area contributed by atoms with Gasteiger partial charge in [0.25, 0.3) is 5.91 Å². The van der Waals surface area contributed by atoms with Gasteiger partial charge in [0.1, 0.15) is 0 Å². The molecule has 23 heavy (non-hydrogen) atoms. The van der Waals surface area contributed by atoms with Crippen LogP contribution in [-0.4, -0.2) is 46.6 Å². The molecule has 1 fully saturated rings. The molecule has 0 spiro atoms. The number of carbonyl (C=O) groups is 1. The van der Waals surface area contributed by atoms with Crippen LogP contribution in [0.15, 0.2) is 30.5 Å².